The van der Waals surface area contributed by atoms with Crippen molar-refractivity contribution in [2.24, 2.45) is 0 Å². The summed E-state index contributed by atoms with van der Waals surface area (Å²) in [5.41, 5.74) is 2.41. The molecule has 0 aliphatic carbocycles. The van der Waals surface area contributed by atoms with Crippen LogP contribution in [-0.4, -0.2) is 35.4 Å². The molecule has 1 N–H and O–H groups in total. The summed E-state index contributed by atoms with van der Waals surface area (Å²) < 4.78 is 16.5. The Morgan fingerprint density at radius 2 is 2.10 bits per heavy atom. The summed E-state index contributed by atoms with van der Waals surface area (Å²) in [6.07, 6.45) is 4.99. The van der Waals surface area contributed by atoms with Crippen LogP contribution in [0.15, 0.2) is 46.0 Å². The zero-order valence-electron chi connectivity index (χ0n) is 15.3. The molecule has 9 heteroatoms. The lowest BCUT2D eigenvalue weighted by Crippen LogP contribution is -2.17. The highest BCUT2D eigenvalue weighted by Gasteiger charge is 2.23. The van der Waals surface area contributed by atoms with Crippen LogP contribution in [0.4, 0.5) is 0 Å². The van der Waals surface area contributed by atoms with Crippen molar-refractivity contribution in [2.45, 2.75) is 0 Å². The zero-order valence-corrected chi connectivity index (χ0v) is 17.0. The Balaban J connectivity index is 1.78. The molecule has 7 nitrogen and oxygen atoms in total. The first-order valence-corrected chi connectivity index (χ1v) is 9.61. The van der Waals surface area contributed by atoms with Gasteiger partial charge in [-0.15, -0.1) is 0 Å². The minimum absolute atomic E-state index is 0.248. The van der Waals surface area contributed by atoms with Crippen LogP contribution in [0.25, 0.3) is 28.2 Å². The van der Waals surface area contributed by atoms with Crippen molar-refractivity contribution in [3.05, 3.63) is 52.9 Å². The lowest BCUT2D eigenvalue weighted by atomic mass is 10.0. The van der Waals surface area contributed by atoms with E-state index in [2.05, 4.69) is 10.3 Å². The molecule has 3 heterocycles. The van der Waals surface area contributed by atoms with Gasteiger partial charge >= 0.3 is 5.97 Å². The van der Waals surface area contributed by atoms with Gasteiger partial charge in [-0.1, -0.05) is 30.0 Å². The Labute approximate surface area is 175 Å². The van der Waals surface area contributed by atoms with E-state index in [9.17, 15) is 9.59 Å². The second kappa shape index (κ2) is 7.69. The molecule has 1 amide bonds. The number of benzene rings is 1. The summed E-state index contributed by atoms with van der Waals surface area (Å²) in [5.74, 6) is 0.159. The van der Waals surface area contributed by atoms with Crippen molar-refractivity contribution in [2.75, 3.05) is 14.2 Å². The molecule has 3 aromatic rings. The third-order valence-corrected chi connectivity index (χ3v) is 5.44. The van der Waals surface area contributed by atoms with Gasteiger partial charge in [0.15, 0.2) is 0 Å². The highest BCUT2D eigenvalue weighted by Crippen LogP contribution is 2.35. The van der Waals surface area contributed by atoms with E-state index in [1.807, 2.05) is 0 Å². The van der Waals surface area contributed by atoms with Gasteiger partial charge in [0.2, 0.25) is 0 Å². The average Bonchev–Trinajstić information content (AvgIpc) is 3.28. The average molecular weight is 426 g/mol. The van der Waals surface area contributed by atoms with Gasteiger partial charge in [0, 0.05) is 29.4 Å². The first-order chi connectivity index (χ1) is 14.0. The lowest BCUT2D eigenvalue weighted by Gasteiger charge is -2.09. The molecule has 0 saturated carbocycles. The number of hydrogen-bond donors (Lipinski definition) is 1. The predicted octanol–water partition coefficient (Wildman–Crippen LogP) is 3.78. The van der Waals surface area contributed by atoms with Crippen LogP contribution in [0, 0.1) is 0 Å². The van der Waals surface area contributed by atoms with Gasteiger partial charge in [0.05, 0.1) is 19.1 Å². The molecule has 0 unspecified atom stereocenters. The minimum atomic E-state index is -0.484. The number of furan rings is 1. The van der Waals surface area contributed by atoms with Crippen molar-refractivity contribution >= 4 is 57.2 Å². The Hall–Kier alpha value is -3.17. The number of hydrogen-bond acceptors (Lipinski definition) is 8. The quantitative estimate of drug-likeness (QED) is 0.383. The number of fused-ring (bicyclic) bond motifs is 1. The summed E-state index contributed by atoms with van der Waals surface area (Å²) >= 11 is 6.19. The summed E-state index contributed by atoms with van der Waals surface area (Å²) in [6.45, 7) is 0. The molecule has 146 valence electrons. The molecule has 1 fully saturated rings. The molecule has 0 bridgehead atoms. The molecular formula is C20H14N2O5S2. The number of rotatable bonds is 4. The molecule has 0 atom stereocenters. The topological polar surface area (TPSA) is 90.7 Å². The van der Waals surface area contributed by atoms with Crippen LogP contribution in [0.5, 0.6) is 5.75 Å². The summed E-state index contributed by atoms with van der Waals surface area (Å²) in [7, 11) is 2.80. The number of nitrogens with one attached hydrogen (secondary N) is 1. The second-order valence-corrected chi connectivity index (χ2v) is 7.73. The van der Waals surface area contributed by atoms with Crippen molar-refractivity contribution < 1.29 is 23.5 Å². The second-order valence-electron chi connectivity index (χ2n) is 6.01. The highest BCUT2D eigenvalue weighted by molar-refractivity contribution is 8.26. The third-order valence-electron chi connectivity index (χ3n) is 4.27. The Morgan fingerprint density at radius 1 is 1.28 bits per heavy atom. The van der Waals surface area contributed by atoms with Gasteiger partial charge in [-0.2, -0.15) is 0 Å². The summed E-state index contributed by atoms with van der Waals surface area (Å²) in [6, 6.07) is 6.92. The number of esters is 1. The van der Waals surface area contributed by atoms with E-state index < -0.39 is 5.97 Å². The van der Waals surface area contributed by atoms with E-state index in [4.69, 9.17) is 26.1 Å². The molecule has 1 aliphatic rings. The van der Waals surface area contributed by atoms with E-state index in [-0.39, 0.29) is 5.91 Å². The number of aromatic nitrogens is 1. The molecule has 0 radical (unpaired) electrons. The standard InChI is InChI=1S/C20H14N2O5S2/c1-25-15-6-10(3-4-13(15)19(24)26-2)14-9-21-8-11-5-12(27-17(11)14)7-16-18(23)22-20(28)29-16/h3-9H,1-2H3,(H,22,23,28)/b16-7-. The Morgan fingerprint density at radius 3 is 2.79 bits per heavy atom. The molecule has 1 aliphatic heterocycles. The summed E-state index contributed by atoms with van der Waals surface area (Å²) in [4.78, 5) is 28.5. The van der Waals surface area contributed by atoms with E-state index in [0.717, 1.165) is 16.5 Å². The highest BCUT2D eigenvalue weighted by atomic mass is 32.2. The van der Waals surface area contributed by atoms with E-state index in [1.165, 1.54) is 26.0 Å². The molecule has 4 rings (SSSR count). The molecule has 2 aromatic heterocycles. The fourth-order valence-electron chi connectivity index (χ4n) is 2.95. The maximum absolute atomic E-state index is 11.9. The van der Waals surface area contributed by atoms with Gasteiger partial charge in [-0.05, 0) is 23.8 Å². The van der Waals surface area contributed by atoms with Gasteiger partial charge < -0.3 is 19.2 Å². The SMILES string of the molecule is COC(=O)c1ccc(-c2cncc3cc(/C=C4\SC(=S)NC4=O)oc23)cc1OC. The Kier molecular flexibility index (Phi) is 5.08. The number of carbonyl (C=O) groups is 2. The molecule has 1 aromatic carbocycles. The first kappa shape index (κ1) is 19.2. The number of pyridine rings is 1. The smallest absolute Gasteiger partial charge is 0.341 e. The fourth-order valence-corrected chi connectivity index (χ4v) is 3.97. The normalized spacial score (nSPS) is 15.0. The van der Waals surface area contributed by atoms with Gasteiger partial charge in [-0.25, -0.2) is 4.79 Å². The number of ether oxygens (including phenoxy) is 2. The number of amides is 1. The fraction of sp³-hybridized carbons (Fsp3) is 0.100. The maximum Gasteiger partial charge on any atom is 0.341 e. The first-order valence-electron chi connectivity index (χ1n) is 8.39. The summed E-state index contributed by atoms with van der Waals surface area (Å²) in [5, 5.41) is 3.35. The monoisotopic (exact) mass is 426 g/mol. The largest absolute Gasteiger partial charge is 0.496 e. The number of nitrogens with zero attached hydrogens (tertiary/aromatic N) is 1. The zero-order chi connectivity index (χ0) is 20.5. The molecule has 29 heavy (non-hydrogen) atoms. The number of carbonyl (C=O) groups excluding carboxylic acids is 2. The predicted molar refractivity (Wildman–Crippen MR) is 114 cm³/mol. The van der Waals surface area contributed by atoms with Crippen molar-refractivity contribution in [3.8, 4) is 16.9 Å². The van der Waals surface area contributed by atoms with Crippen LogP contribution >= 0.6 is 24.0 Å². The van der Waals surface area contributed by atoms with Crippen molar-refractivity contribution in [1.82, 2.24) is 10.3 Å². The molecular weight excluding hydrogens is 412 g/mol. The van der Waals surface area contributed by atoms with Crippen LogP contribution in [0.2, 0.25) is 0 Å². The lowest BCUT2D eigenvalue weighted by molar-refractivity contribution is -0.115. The van der Waals surface area contributed by atoms with Crippen molar-refractivity contribution in [3.63, 3.8) is 0 Å². The van der Waals surface area contributed by atoms with Gasteiger partial charge in [0.1, 0.15) is 27.0 Å². The van der Waals surface area contributed by atoms with Crippen LogP contribution in [-0.2, 0) is 9.53 Å². The third kappa shape index (κ3) is 3.62. The van der Waals surface area contributed by atoms with Crippen molar-refractivity contribution in [1.29, 1.82) is 0 Å². The van der Waals surface area contributed by atoms with E-state index in [1.54, 1.807) is 42.7 Å². The van der Waals surface area contributed by atoms with Crippen LogP contribution < -0.4 is 10.1 Å². The van der Waals surface area contributed by atoms with Gasteiger partial charge in [0.25, 0.3) is 5.91 Å². The molecule has 0 spiro atoms. The van der Waals surface area contributed by atoms with Gasteiger partial charge in [-0.3, -0.25) is 9.78 Å². The number of thiocarbonyl (C=S) groups is 1. The van der Waals surface area contributed by atoms with Crippen LogP contribution in [0.3, 0.4) is 0 Å². The van der Waals surface area contributed by atoms with Crippen LogP contribution in [0.1, 0.15) is 16.1 Å². The van der Waals surface area contributed by atoms with E-state index in [0.29, 0.717) is 31.9 Å². The molecule has 1 saturated heterocycles. The minimum Gasteiger partial charge on any atom is -0.496 e. The maximum atomic E-state index is 11.9. The Bertz CT molecular complexity index is 1200. The number of methoxy groups -OCH3 is 2. The van der Waals surface area contributed by atoms with E-state index >= 15 is 0 Å². The number of thioether (sulfide) groups is 1.